The Kier molecular flexibility index (Phi) is 5.05. The summed E-state index contributed by atoms with van der Waals surface area (Å²) in [6.07, 6.45) is 0. The molecule has 2 N–H and O–H groups in total. The predicted octanol–water partition coefficient (Wildman–Crippen LogP) is 3.40. The molecule has 0 aliphatic carbocycles. The summed E-state index contributed by atoms with van der Waals surface area (Å²) in [5, 5.41) is 20.3. The third kappa shape index (κ3) is 4.20. The number of phenols is 1. The highest BCUT2D eigenvalue weighted by molar-refractivity contribution is 7.91. The number of carboxylic acids is 1. The summed E-state index contributed by atoms with van der Waals surface area (Å²) in [6, 6.07) is 14.5. The number of hydrogen-bond acceptors (Lipinski definition) is 5. The standard InChI is InChI=1S/C20H18O6S/c1-13-2-3-15-11-17(6-4-14(15)10-13)27(24,25)9-8-26-16-5-7-18(20(22)23)19(21)12-16/h2-7,10-12,21H,8-9H2,1H3,(H,22,23). The van der Waals surface area contributed by atoms with Crippen LogP contribution in [0.3, 0.4) is 0 Å². The Morgan fingerprint density at radius 1 is 1.00 bits per heavy atom. The molecule has 0 unspecified atom stereocenters. The lowest BCUT2D eigenvalue weighted by atomic mass is 10.1. The Morgan fingerprint density at radius 3 is 2.41 bits per heavy atom. The van der Waals surface area contributed by atoms with Crippen molar-refractivity contribution in [1.82, 2.24) is 0 Å². The number of sulfone groups is 1. The Labute approximate surface area is 156 Å². The number of fused-ring (bicyclic) bond motifs is 1. The summed E-state index contributed by atoms with van der Waals surface area (Å²) in [5.74, 6) is -1.74. The Morgan fingerprint density at radius 2 is 1.70 bits per heavy atom. The van der Waals surface area contributed by atoms with E-state index >= 15 is 0 Å². The van der Waals surface area contributed by atoms with Gasteiger partial charge >= 0.3 is 5.97 Å². The molecule has 27 heavy (non-hydrogen) atoms. The van der Waals surface area contributed by atoms with Crippen molar-refractivity contribution in [3.63, 3.8) is 0 Å². The fourth-order valence-electron chi connectivity index (χ4n) is 2.71. The summed E-state index contributed by atoms with van der Waals surface area (Å²) in [7, 11) is -3.55. The van der Waals surface area contributed by atoms with Gasteiger partial charge in [-0.05, 0) is 42.0 Å². The largest absolute Gasteiger partial charge is 0.507 e. The topological polar surface area (TPSA) is 101 Å². The molecule has 0 saturated carbocycles. The van der Waals surface area contributed by atoms with Crippen molar-refractivity contribution in [1.29, 1.82) is 0 Å². The third-order valence-electron chi connectivity index (χ3n) is 4.15. The predicted molar refractivity (Wildman–Crippen MR) is 101 cm³/mol. The number of rotatable bonds is 6. The maximum Gasteiger partial charge on any atom is 0.339 e. The van der Waals surface area contributed by atoms with E-state index in [1.807, 2.05) is 25.1 Å². The van der Waals surface area contributed by atoms with Gasteiger partial charge in [0, 0.05) is 6.07 Å². The molecular formula is C20H18O6S. The van der Waals surface area contributed by atoms with Crippen molar-refractivity contribution in [3.8, 4) is 11.5 Å². The maximum atomic E-state index is 12.5. The molecule has 0 aromatic heterocycles. The van der Waals surface area contributed by atoms with E-state index in [2.05, 4.69) is 0 Å². The summed E-state index contributed by atoms with van der Waals surface area (Å²) in [6.45, 7) is 1.85. The number of carboxylic acid groups (broad SMARTS) is 1. The second-order valence-corrected chi connectivity index (χ2v) is 8.27. The van der Waals surface area contributed by atoms with Crippen LogP contribution in [0, 0.1) is 6.92 Å². The smallest absolute Gasteiger partial charge is 0.339 e. The van der Waals surface area contributed by atoms with Gasteiger partial charge in [-0.3, -0.25) is 0 Å². The fraction of sp³-hybridized carbons (Fsp3) is 0.150. The first kappa shape index (κ1) is 18.7. The molecule has 0 spiro atoms. The minimum absolute atomic E-state index is 0.125. The molecule has 0 aliphatic rings. The summed E-state index contributed by atoms with van der Waals surface area (Å²) < 4.78 is 30.4. The van der Waals surface area contributed by atoms with Crippen LogP contribution < -0.4 is 4.74 Å². The van der Waals surface area contributed by atoms with Gasteiger partial charge in [0.2, 0.25) is 0 Å². The molecule has 0 atom stereocenters. The molecule has 3 aromatic rings. The number of ether oxygens (including phenoxy) is 1. The minimum Gasteiger partial charge on any atom is -0.507 e. The van der Waals surface area contributed by atoms with Crippen LogP contribution >= 0.6 is 0 Å². The van der Waals surface area contributed by atoms with Gasteiger partial charge in [0.25, 0.3) is 0 Å². The van der Waals surface area contributed by atoms with Crippen LogP contribution in [0.5, 0.6) is 11.5 Å². The monoisotopic (exact) mass is 386 g/mol. The molecule has 0 radical (unpaired) electrons. The zero-order valence-electron chi connectivity index (χ0n) is 14.5. The molecule has 0 saturated heterocycles. The van der Waals surface area contributed by atoms with Gasteiger partial charge in [-0.25, -0.2) is 13.2 Å². The SMILES string of the molecule is Cc1ccc2cc(S(=O)(=O)CCOc3ccc(C(=O)O)c(O)c3)ccc2c1. The molecule has 0 amide bonds. The highest BCUT2D eigenvalue weighted by Crippen LogP contribution is 2.24. The lowest BCUT2D eigenvalue weighted by Gasteiger charge is -2.09. The lowest BCUT2D eigenvalue weighted by molar-refractivity contribution is 0.0693. The first-order valence-electron chi connectivity index (χ1n) is 8.18. The van der Waals surface area contributed by atoms with Gasteiger partial charge in [0.15, 0.2) is 9.84 Å². The quantitative estimate of drug-likeness (QED) is 0.673. The van der Waals surface area contributed by atoms with Crippen LogP contribution in [0.2, 0.25) is 0 Å². The molecule has 140 valence electrons. The number of hydrogen-bond donors (Lipinski definition) is 2. The van der Waals surface area contributed by atoms with E-state index < -0.39 is 21.6 Å². The highest BCUT2D eigenvalue weighted by Gasteiger charge is 2.16. The zero-order valence-corrected chi connectivity index (χ0v) is 15.4. The fourth-order valence-corrected chi connectivity index (χ4v) is 3.83. The Bertz CT molecular complexity index is 1120. The second-order valence-electron chi connectivity index (χ2n) is 6.16. The number of aryl methyl sites for hydroxylation is 1. The van der Waals surface area contributed by atoms with Gasteiger partial charge in [-0.2, -0.15) is 0 Å². The normalized spacial score (nSPS) is 11.4. The third-order valence-corrected chi connectivity index (χ3v) is 5.82. The van der Waals surface area contributed by atoms with E-state index in [4.69, 9.17) is 9.84 Å². The average molecular weight is 386 g/mol. The van der Waals surface area contributed by atoms with Crippen LogP contribution in [0.25, 0.3) is 10.8 Å². The molecule has 0 bridgehead atoms. The van der Waals surface area contributed by atoms with E-state index in [1.165, 1.54) is 12.1 Å². The first-order chi connectivity index (χ1) is 12.8. The van der Waals surface area contributed by atoms with Crippen LogP contribution in [-0.4, -0.2) is 37.0 Å². The molecule has 0 heterocycles. The number of carbonyl (C=O) groups is 1. The zero-order chi connectivity index (χ0) is 19.6. The number of benzene rings is 3. The van der Waals surface area contributed by atoms with E-state index in [-0.39, 0.29) is 28.6 Å². The van der Waals surface area contributed by atoms with Crippen molar-refractivity contribution in [3.05, 3.63) is 65.7 Å². The van der Waals surface area contributed by atoms with E-state index in [9.17, 15) is 18.3 Å². The highest BCUT2D eigenvalue weighted by atomic mass is 32.2. The maximum absolute atomic E-state index is 12.5. The van der Waals surface area contributed by atoms with E-state index in [0.29, 0.717) is 0 Å². The molecule has 7 heteroatoms. The molecular weight excluding hydrogens is 368 g/mol. The number of aromatic carboxylic acids is 1. The van der Waals surface area contributed by atoms with Crippen LogP contribution in [0.4, 0.5) is 0 Å². The van der Waals surface area contributed by atoms with Crippen molar-refractivity contribution in [2.75, 3.05) is 12.4 Å². The van der Waals surface area contributed by atoms with Crippen molar-refractivity contribution < 1.29 is 28.2 Å². The number of aromatic hydroxyl groups is 1. The summed E-state index contributed by atoms with van der Waals surface area (Å²) in [4.78, 5) is 11.1. The molecule has 0 aliphatic heterocycles. The molecule has 0 fully saturated rings. The van der Waals surface area contributed by atoms with Crippen LogP contribution in [0.15, 0.2) is 59.5 Å². The van der Waals surface area contributed by atoms with Gasteiger partial charge < -0.3 is 14.9 Å². The van der Waals surface area contributed by atoms with Gasteiger partial charge in [0.1, 0.15) is 23.7 Å². The molecule has 3 aromatic carbocycles. The van der Waals surface area contributed by atoms with E-state index in [1.54, 1.807) is 18.2 Å². The first-order valence-corrected chi connectivity index (χ1v) is 9.84. The van der Waals surface area contributed by atoms with Crippen molar-refractivity contribution >= 4 is 26.6 Å². The minimum atomic E-state index is -3.55. The van der Waals surface area contributed by atoms with Crippen molar-refractivity contribution in [2.45, 2.75) is 11.8 Å². The van der Waals surface area contributed by atoms with Crippen LogP contribution in [0.1, 0.15) is 15.9 Å². The van der Waals surface area contributed by atoms with E-state index in [0.717, 1.165) is 22.4 Å². The summed E-state index contributed by atoms with van der Waals surface area (Å²) >= 11 is 0. The molecule has 3 rings (SSSR count). The Balaban J connectivity index is 1.71. The summed E-state index contributed by atoms with van der Waals surface area (Å²) in [5.41, 5.74) is 0.852. The average Bonchev–Trinajstić information content (AvgIpc) is 2.60. The molecule has 6 nitrogen and oxygen atoms in total. The lowest BCUT2D eigenvalue weighted by Crippen LogP contribution is -2.14. The van der Waals surface area contributed by atoms with Gasteiger partial charge in [-0.15, -0.1) is 0 Å². The Hall–Kier alpha value is -3.06. The van der Waals surface area contributed by atoms with Gasteiger partial charge in [0.05, 0.1) is 10.6 Å². The van der Waals surface area contributed by atoms with Crippen molar-refractivity contribution in [2.24, 2.45) is 0 Å². The second kappa shape index (κ2) is 7.28. The van der Waals surface area contributed by atoms with Gasteiger partial charge in [-0.1, -0.05) is 29.8 Å². The van der Waals surface area contributed by atoms with Crippen LogP contribution in [-0.2, 0) is 9.84 Å².